The molecule has 6 heteroatoms. The van der Waals surface area contributed by atoms with E-state index in [2.05, 4.69) is 11.9 Å². The molecule has 0 bridgehead atoms. The second-order valence-corrected chi connectivity index (χ2v) is 4.91. The fourth-order valence-corrected chi connectivity index (χ4v) is 2.33. The summed E-state index contributed by atoms with van der Waals surface area (Å²) in [5.41, 5.74) is 1.87. The second-order valence-electron chi connectivity index (χ2n) is 4.91. The van der Waals surface area contributed by atoms with Gasteiger partial charge < -0.3 is 19.7 Å². The minimum atomic E-state index is -1.11. The SMILES string of the molecule is C=CCOC(=O)N[C@@H](Cc1cn(C)c2ccccc12)C(=O)O. The monoisotopic (exact) mass is 302 g/mol. The quantitative estimate of drug-likeness (QED) is 0.801. The second kappa shape index (κ2) is 6.80. The number of aryl methyl sites for hydroxylation is 1. The summed E-state index contributed by atoms with van der Waals surface area (Å²) in [5, 5.41) is 12.6. The summed E-state index contributed by atoms with van der Waals surface area (Å²) in [7, 11) is 1.90. The zero-order chi connectivity index (χ0) is 16.1. The third-order valence-electron chi connectivity index (χ3n) is 3.33. The van der Waals surface area contributed by atoms with Crippen molar-refractivity contribution in [2.45, 2.75) is 12.5 Å². The predicted octanol–water partition coefficient (Wildman–Crippen LogP) is 2.09. The molecule has 22 heavy (non-hydrogen) atoms. The Morgan fingerprint density at radius 2 is 2.18 bits per heavy atom. The highest BCUT2D eigenvalue weighted by molar-refractivity contribution is 5.86. The first-order valence-electron chi connectivity index (χ1n) is 6.83. The molecule has 2 rings (SSSR count). The topological polar surface area (TPSA) is 80.6 Å². The first-order valence-corrected chi connectivity index (χ1v) is 6.83. The molecule has 1 amide bonds. The van der Waals surface area contributed by atoms with Crippen LogP contribution in [0.2, 0.25) is 0 Å². The summed E-state index contributed by atoms with van der Waals surface area (Å²) >= 11 is 0. The zero-order valence-corrected chi connectivity index (χ0v) is 12.3. The van der Waals surface area contributed by atoms with Crippen LogP contribution < -0.4 is 5.32 Å². The first-order chi connectivity index (χ1) is 10.5. The summed E-state index contributed by atoms with van der Waals surface area (Å²) in [6.45, 7) is 3.46. The van der Waals surface area contributed by atoms with Crippen LogP contribution >= 0.6 is 0 Å². The number of alkyl carbamates (subject to hydrolysis) is 1. The van der Waals surface area contributed by atoms with Gasteiger partial charge in [0, 0.05) is 30.6 Å². The summed E-state index contributed by atoms with van der Waals surface area (Å²) in [5.74, 6) is -1.11. The number of carboxylic acid groups (broad SMARTS) is 1. The highest BCUT2D eigenvalue weighted by Crippen LogP contribution is 2.21. The molecule has 0 unspecified atom stereocenters. The zero-order valence-electron chi connectivity index (χ0n) is 12.3. The molecule has 0 fully saturated rings. The molecule has 0 aliphatic rings. The molecule has 1 aromatic carbocycles. The van der Waals surface area contributed by atoms with Gasteiger partial charge in [-0.3, -0.25) is 0 Å². The van der Waals surface area contributed by atoms with Crippen LogP contribution in [0.4, 0.5) is 4.79 Å². The van der Waals surface area contributed by atoms with Crippen molar-refractivity contribution in [1.29, 1.82) is 0 Å². The molecule has 1 aromatic heterocycles. The molecule has 1 atom stereocenters. The maximum atomic E-state index is 11.5. The van der Waals surface area contributed by atoms with Crippen molar-refractivity contribution < 1.29 is 19.4 Å². The Labute approximate surface area is 128 Å². The highest BCUT2D eigenvalue weighted by atomic mass is 16.5. The van der Waals surface area contributed by atoms with Crippen molar-refractivity contribution in [3.8, 4) is 0 Å². The van der Waals surface area contributed by atoms with Gasteiger partial charge in [-0.15, -0.1) is 0 Å². The van der Waals surface area contributed by atoms with Gasteiger partial charge in [0.2, 0.25) is 0 Å². The first kappa shape index (κ1) is 15.6. The van der Waals surface area contributed by atoms with Crippen molar-refractivity contribution in [2.75, 3.05) is 6.61 Å². The Morgan fingerprint density at radius 1 is 1.45 bits per heavy atom. The Hall–Kier alpha value is -2.76. The van der Waals surface area contributed by atoms with Gasteiger partial charge in [-0.2, -0.15) is 0 Å². The number of carboxylic acids is 1. The predicted molar refractivity (Wildman–Crippen MR) is 82.7 cm³/mol. The van der Waals surface area contributed by atoms with Crippen molar-refractivity contribution in [2.24, 2.45) is 7.05 Å². The number of hydrogen-bond acceptors (Lipinski definition) is 3. The lowest BCUT2D eigenvalue weighted by Gasteiger charge is -2.13. The number of nitrogens with one attached hydrogen (secondary N) is 1. The van der Waals surface area contributed by atoms with Gasteiger partial charge in [0.1, 0.15) is 12.6 Å². The maximum absolute atomic E-state index is 11.5. The molecule has 0 aliphatic heterocycles. The summed E-state index contributed by atoms with van der Waals surface area (Å²) in [6, 6.07) is 6.65. The number of fused-ring (bicyclic) bond motifs is 1. The summed E-state index contributed by atoms with van der Waals surface area (Å²) in [6.07, 6.45) is 2.70. The normalized spacial score (nSPS) is 11.9. The van der Waals surface area contributed by atoms with Crippen LogP contribution in [-0.2, 0) is 23.0 Å². The molecule has 6 nitrogen and oxygen atoms in total. The van der Waals surface area contributed by atoms with E-state index in [1.165, 1.54) is 6.08 Å². The van der Waals surface area contributed by atoms with Crippen LogP contribution in [-0.4, -0.2) is 34.4 Å². The standard InChI is InChI=1S/C16H18N2O4/c1-3-8-22-16(21)17-13(15(19)20)9-11-10-18(2)14-7-5-4-6-12(11)14/h3-7,10,13H,1,8-9H2,2H3,(H,17,21)(H,19,20)/t13-/m0/s1. The largest absolute Gasteiger partial charge is 0.480 e. The van der Waals surface area contributed by atoms with Crippen molar-refractivity contribution in [3.05, 3.63) is 48.7 Å². The van der Waals surface area contributed by atoms with Gasteiger partial charge in [0.25, 0.3) is 0 Å². The van der Waals surface area contributed by atoms with Gasteiger partial charge in [0.05, 0.1) is 0 Å². The smallest absolute Gasteiger partial charge is 0.408 e. The third kappa shape index (κ3) is 3.46. The lowest BCUT2D eigenvalue weighted by atomic mass is 10.1. The third-order valence-corrected chi connectivity index (χ3v) is 3.33. The van der Waals surface area contributed by atoms with Crippen LogP contribution in [0.5, 0.6) is 0 Å². The molecule has 116 valence electrons. The Kier molecular flexibility index (Phi) is 4.83. The molecule has 0 aliphatic carbocycles. The van der Waals surface area contributed by atoms with Crippen LogP contribution in [0.3, 0.4) is 0 Å². The van der Waals surface area contributed by atoms with Crippen molar-refractivity contribution >= 4 is 23.0 Å². The van der Waals surface area contributed by atoms with Gasteiger partial charge in [0.15, 0.2) is 0 Å². The van der Waals surface area contributed by atoms with E-state index in [1.54, 1.807) is 0 Å². The molecule has 2 aromatic rings. The number of rotatable bonds is 6. The van der Waals surface area contributed by atoms with E-state index in [4.69, 9.17) is 4.74 Å². The highest BCUT2D eigenvalue weighted by Gasteiger charge is 2.22. The number of ether oxygens (including phenoxy) is 1. The van der Waals surface area contributed by atoms with Crippen LogP contribution in [0.1, 0.15) is 5.56 Å². The van der Waals surface area contributed by atoms with E-state index in [9.17, 15) is 14.7 Å². The summed E-state index contributed by atoms with van der Waals surface area (Å²) < 4.78 is 6.70. The number of para-hydroxylation sites is 1. The molecule has 1 heterocycles. The number of benzene rings is 1. The minimum Gasteiger partial charge on any atom is -0.480 e. The number of aromatic nitrogens is 1. The van der Waals surface area contributed by atoms with Crippen LogP contribution in [0.15, 0.2) is 43.1 Å². The number of nitrogens with zero attached hydrogens (tertiary/aromatic N) is 1. The molecule has 0 saturated heterocycles. The number of hydrogen-bond donors (Lipinski definition) is 2. The van der Waals surface area contributed by atoms with Gasteiger partial charge in [-0.05, 0) is 11.6 Å². The van der Waals surface area contributed by atoms with E-state index >= 15 is 0 Å². The van der Waals surface area contributed by atoms with Crippen molar-refractivity contribution in [3.63, 3.8) is 0 Å². The Morgan fingerprint density at radius 3 is 2.86 bits per heavy atom. The van der Waals surface area contributed by atoms with Crippen LogP contribution in [0, 0.1) is 0 Å². The van der Waals surface area contributed by atoms with Gasteiger partial charge in [-0.25, -0.2) is 9.59 Å². The average Bonchev–Trinajstić information content (AvgIpc) is 2.81. The molecule has 0 radical (unpaired) electrons. The Balaban J connectivity index is 2.18. The van der Waals surface area contributed by atoms with Crippen LogP contribution in [0.25, 0.3) is 10.9 Å². The van der Waals surface area contributed by atoms with Gasteiger partial charge >= 0.3 is 12.1 Å². The number of amides is 1. The molecular weight excluding hydrogens is 284 g/mol. The maximum Gasteiger partial charge on any atom is 0.408 e. The number of carbonyl (C=O) groups excluding carboxylic acids is 1. The van der Waals surface area contributed by atoms with Crippen molar-refractivity contribution in [1.82, 2.24) is 9.88 Å². The van der Waals surface area contributed by atoms with E-state index in [0.717, 1.165) is 16.5 Å². The van der Waals surface area contributed by atoms with E-state index in [1.807, 2.05) is 42.1 Å². The number of carbonyl (C=O) groups is 2. The Bertz CT molecular complexity index is 705. The van der Waals surface area contributed by atoms with Gasteiger partial charge in [-0.1, -0.05) is 30.9 Å². The molecule has 0 saturated carbocycles. The lowest BCUT2D eigenvalue weighted by Crippen LogP contribution is -2.42. The average molecular weight is 302 g/mol. The molecule has 0 spiro atoms. The fourth-order valence-electron chi connectivity index (χ4n) is 2.33. The fraction of sp³-hybridized carbons (Fsp3) is 0.250. The van der Waals surface area contributed by atoms with E-state index in [-0.39, 0.29) is 13.0 Å². The lowest BCUT2D eigenvalue weighted by molar-refractivity contribution is -0.139. The van der Waals surface area contributed by atoms with E-state index < -0.39 is 18.1 Å². The molecular formula is C16H18N2O4. The van der Waals surface area contributed by atoms with E-state index in [0.29, 0.717) is 0 Å². The molecule has 2 N–H and O–H groups in total. The minimum absolute atomic E-state index is 0.0342. The summed E-state index contributed by atoms with van der Waals surface area (Å²) in [4.78, 5) is 22.9. The number of aliphatic carboxylic acids is 1.